The molecule has 10 atom stereocenters. The van der Waals surface area contributed by atoms with E-state index in [1.807, 2.05) is 0 Å². The Morgan fingerprint density at radius 2 is 1.49 bits per heavy atom. The summed E-state index contributed by atoms with van der Waals surface area (Å²) in [6.45, 7) is -1.30. The molecule has 0 amide bonds. The second-order valence-electron chi connectivity index (χ2n) is 10.2. The van der Waals surface area contributed by atoms with Crippen molar-refractivity contribution in [2.24, 2.45) is 5.92 Å². The lowest BCUT2D eigenvalue weighted by atomic mass is 9.94. The molecule has 0 unspecified atom stereocenters. The summed E-state index contributed by atoms with van der Waals surface area (Å²) in [5.74, 6) is -2.94. The van der Waals surface area contributed by atoms with Crippen LogP contribution in [-0.4, -0.2) is 120 Å². The Hall–Kier alpha value is -3.55. The van der Waals surface area contributed by atoms with Gasteiger partial charge in [-0.05, 0) is 18.2 Å². The Kier molecular flexibility index (Phi) is 8.77. The Morgan fingerprint density at radius 3 is 2.19 bits per heavy atom. The van der Waals surface area contributed by atoms with Gasteiger partial charge in [0.2, 0.25) is 6.29 Å². The predicted molar refractivity (Wildman–Crippen MR) is 140 cm³/mol. The normalized spacial score (nSPS) is 33.0. The van der Waals surface area contributed by atoms with Gasteiger partial charge in [-0.1, -0.05) is 0 Å². The van der Waals surface area contributed by atoms with Crippen LogP contribution in [0.4, 0.5) is 0 Å². The largest absolute Gasteiger partial charge is 0.507 e. The monoisotopic (exact) mass is 610 g/mol. The lowest BCUT2D eigenvalue weighted by Gasteiger charge is -2.43. The van der Waals surface area contributed by atoms with E-state index in [4.69, 9.17) is 23.4 Å². The van der Waals surface area contributed by atoms with Crippen LogP contribution < -0.4 is 10.2 Å². The van der Waals surface area contributed by atoms with Crippen LogP contribution in [0.15, 0.2) is 45.6 Å². The summed E-state index contributed by atoms with van der Waals surface area (Å²) in [6, 6.07) is 7.02. The first-order chi connectivity index (χ1) is 20.4. The first-order valence-electron chi connectivity index (χ1n) is 13.0. The minimum absolute atomic E-state index is 0.0296. The summed E-state index contributed by atoms with van der Waals surface area (Å²) in [7, 11) is 0. The van der Waals surface area contributed by atoms with Crippen LogP contribution in [0.3, 0.4) is 0 Å². The molecule has 10 N–H and O–H groups in total. The standard InChI is InChI=1S/C27H30O16/c28-7-18-21(34)22(35)24(37)27(42-18)39-8-11-20(33)23(36)25(38)43-26(11)40-10-4-14(31)19-15(32)6-16(41-17(19)5-10)9-1-2-12(29)13(30)3-9/h1-6,11,18,20-31,33-38H,7-8H2/t11-,18-,20+,21-,22+,23-,24-,25-,26+,27-/m0/s1. The van der Waals surface area contributed by atoms with E-state index in [2.05, 4.69) is 0 Å². The SMILES string of the molecule is O=c1cc(-c2ccc(O)c(O)c2)oc2cc(O[C@@H]3O[C@H](O)[C@@H](O)[C@H](O)[C@@H]3CO[C@H]3O[C@@H](CO)[C@H](O)[C@@H](O)[C@@H]3O)cc(O)c12. The summed E-state index contributed by atoms with van der Waals surface area (Å²) in [4.78, 5) is 12.8. The Bertz CT molecular complexity index is 1510. The first-order valence-corrected chi connectivity index (χ1v) is 13.0. The Balaban J connectivity index is 1.42. The van der Waals surface area contributed by atoms with Crippen molar-refractivity contribution >= 4 is 11.0 Å². The molecule has 1 aromatic heterocycles. The quantitative estimate of drug-likeness (QED) is 0.127. The van der Waals surface area contributed by atoms with Crippen LogP contribution in [0, 0.1) is 5.92 Å². The molecular weight excluding hydrogens is 580 g/mol. The highest BCUT2D eigenvalue weighted by Crippen LogP contribution is 2.36. The third-order valence-electron chi connectivity index (χ3n) is 7.30. The number of hydrogen-bond donors (Lipinski definition) is 10. The van der Waals surface area contributed by atoms with Crippen LogP contribution in [0.25, 0.3) is 22.3 Å². The van der Waals surface area contributed by atoms with Crippen molar-refractivity contribution in [2.75, 3.05) is 13.2 Å². The van der Waals surface area contributed by atoms with Crippen molar-refractivity contribution in [1.82, 2.24) is 0 Å². The molecule has 0 saturated carbocycles. The highest BCUT2D eigenvalue weighted by Gasteiger charge is 2.48. The molecule has 43 heavy (non-hydrogen) atoms. The molecule has 2 aliphatic heterocycles. The molecule has 3 aromatic rings. The van der Waals surface area contributed by atoms with Gasteiger partial charge in [0.15, 0.2) is 29.5 Å². The summed E-state index contributed by atoms with van der Waals surface area (Å²) in [5.41, 5.74) is -0.598. The molecule has 0 bridgehead atoms. The summed E-state index contributed by atoms with van der Waals surface area (Å²) < 4.78 is 27.6. The zero-order chi connectivity index (χ0) is 31.2. The third kappa shape index (κ3) is 5.98. The first kappa shape index (κ1) is 30.9. The molecule has 16 heteroatoms. The number of phenolic OH excluding ortho intramolecular Hbond substituents is 3. The maximum atomic E-state index is 12.8. The van der Waals surface area contributed by atoms with Crippen molar-refractivity contribution in [3.8, 4) is 34.3 Å². The molecule has 3 heterocycles. The van der Waals surface area contributed by atoms with E-state index in [0.29, 0.717) is 0 Å². The van der Waals surface area contributed by atoms with Gasteiger partial charge in [0, 0.05) is 23.8 Å². The fraction of sp³-hybridized carbons (Fsp3) is 0.444. The van der Waals surface area contributed by atoms with E-state index in [0.717, 1.165) is 18.2 Å². The zero-order valence-corrected chi connectivity index (χ0v) is 22.1. The van der Waals surface area contributed by atoms with Crippen LogP contribution in [0.2, 0.25) is 0 Å². The van der Waals surface area contributed by atoms with Crippen LogP contribution >= 0.6 is 0 Å². The van der Waals surface area contributed by atoms with Crippen LogP contribution in [0.5, 0.6) is 23.0 Å². The fourth-order valence-electron chi connectivity index (χ4n) is 4.87. The Morgan fingerprint density at radius 1 is 0.744 bits per heavy atom. The van der Waals surface area contributed by atoms with Crippen molar-refractivity contribution in [1.29, 1.82) is 0 Å². The van der Waals surface area contributed by atoms with E-state index in [-0.39, 0.29) is 28.0 Å². The van der Waals surface area contributed by atoms with Gasteiger partial charge in [0.25, 0.3) is 0 Å². The minimum atomic E-state index is -1.93. The van der Waals surface area contributed by atoms with Gasteiger partial charge in [-0.2, -0.15) is 0 Å². The third-order valence-corrected chi connectivity index (χ3v) is 7.30. The van der Waals surface area contributed by atoms with E-state index in [1.54, 1.807) is 0 Å². The second kappa shape index (κ2) is 12.2. The van der Waals surface area contributed by atoms with Crippen molar-refractivity contribution in [3.63, 3.8) is 0 Å². The molecule has 2 fully saturated rings. The van der Waals surface area contributed by atoms with Gasteiger partial charge in [-0.3, -0.25) is 4.79 Å². The summed E-state index contributed by atoms with van der Waals surface area (Å²) in [5, 5.41) is 100. The van der Waals surface area contributed by atoms with Gasteiger partial charge >= 0.3 is 0 Å². The number of phenols is 3. The van der Waals surface area contributed by atoms with E-state index < -0.39 is 97.3 Å². The topological polar surface area (TPSA) is 269 Å². The molecular formula is C27H30O16. The second-order valence-corrected chi connectivity index (χ2v) is 10.2. The number of aliphatic hydroxyl groups excluding tert-OH is 7. The number of hydrogen-bond acceptors (Lipinski definition) is 16. The minimum Gasteiger partial charge on any atom is -0.507 e. The summed E-state index contributed by atoms with van der Waals surface area (Å²) in [6.07, 6.45) is -15.1. The number of aliphatic hydroxyl groups is 7. The molecule has 0 radical (unpaired) electrons. The molecule has 0 aliphatic carbocycles. The fourth-order valence-corrected chi connectivity index (χ4v) is 4.87. The van der Waals surface area contributed by atoms with Crippen molar-refractivity contribution in [3.05, 3.63) is 46.6 Å². The van der Waals surface area contributed by atoms with Gasteiger partial charge in [0.05, 0.1) is 25.2 Å². The number of ether oxygens (including phenoxy) is 4. The molecule has 2 saturated heterocycles. The molecule has 16 nitrogen and oxygen atoms in total. The van der Waals surface area contributed by atoms with E-state index in [9.17, 15) is 55.9 Å². The Labute approximate surface area is 241 Å². The van der Waals surface area contributed by atoms with Gasteiger partial charge < -0.3 is 74.4 Å². The highest BCUT2D eigenvalue weighted by molar-refractivity contribution is 5.86. The van der Waals surface area contributed by atoms with Crippen LogP contribution in [0.1, 0.15) is 0 Å². The molecule has 234 valence electrons. The molecule has 2 aliphatic rings. The van der Waals surface area contributed by atoms with Crippen molar-refractivity contribution in [2.45, 2.75) is 55.5 Å². The lowest BCUT2D eigenvalue weighted by molar-refractivity contribution is -0.335. The molecule has 0 spiro atoms. The summed E-state index contributed by atoms with van der Waals surface area (Å²) >= 11 is 0. The maximum Gasteiger partial charge on any atom is 0.210 e. The van der Waals surface area contributed by atoms with Gasteiger partial charge in [-0.25, -0.2) is 0 Å². The van der Waals surface area contributed by atoms with E-state index in [1.165, 1.54) is 18.2 Å². The molecule has 5 rings (SSSR count). The average molecular weight is 611 g/mol. The van der Waals surface area contributed by atoms with Crippen molar-refractivity contribution < 1.29 is 74.4 Å². The predicted octanol–water partition coefficient (Wildman–Crippen LogP) is -2.22. The lowest BCUT2D eigenvalue weighted by Crippen LogP contribution is -2.61. The number of aromatic hydroxyl groups is 3. The molecule has 2 aromatic carbocycles. The number of rotatable bonds is 7. The van der Waals surface area contributed by atoms with Crippen LogP contribution in [-0.2, 0) is 14.2 Å². The number of benzene rings is 2. The van der Waals surface area contributed by atoms with Gasteiger partial charge in [0.1, 0.15) is 58.7 Å². The number of fused-ring (bicyclic) bond motifs is 1. The smallest absolute Gasteiger partial charge is 0.210 e. The average Bonchev–Trinajstić information content (AvgIpc) is 2.96. The highest BCUT2D eigenvalue weighted by atomic mass is 16.7. The zero-order valence-electron chi connectivity index (χ0n) is 22.1. The van der Waals surface area contributed by atoms with E-state index >= 15 is 0 Å². The maximum absolute atomic E-state index is 12.8. The van der Waals surface area contributed by atoms with Gasteiger partial charge in [-0.15, -0.1) is 0 Å².